The molecule has 1 aliphatic rings. The van der Waals surface area contributed by atoms with E-state index >= 15 is 0 Å². The third-order valence-electron chi connectivity index (χ3n) is 7.31. The molecule has 0 saturated carbocycles. The molecular weight excluding hydrogens is 532 g/mol. The summed E-state index contributed by atoms with van der Waals surface area (Å²) < 4.78 is 28.6. The van der Waals surface area contributed by atoms with Crippen LogP contribution < -0.4 is 11.1 Å². The van der Waals surface area contributed by atoms with E-state index in [9.17, 15) is 19.8 Å². The first-order chi connectivity index (χ1) is 19.4. The van der Waals surface area contributed by atoms with E-state index in [1.54, 1.807) is 46.3 Å². The third-order valence-corrected chi connectivity index (χ3v) is 7.31. The van der Waals surface area contributed by atoms with Crippen molar-refractivity contribution in [1.29, 1.82) is 0 Å². The minimum atomic E-state index is -0.961. The zero-order chi connectivity index (χ0) is 30.9. The number of rotatable bonds is 5. The highest BCUT2D eigenvalue weighted by Crippen LogP contribution is 2.41. The number of aromatic hydroxyl groups is 2. The molecule has 41 heavy (non-hydrogen) atoms. The number of allylic oxidation sites excluding steroid dienone is 2. The van der Waals surface area contributed by atoms with Crippen LogP contribution in [-0.4, -0.2) is 75.1 Å². The Kier molecular flexibility index (Phi) is 12.8. The number of anilines is 1. The van der Waals surface area contributed by atoms with Crippen LogP contribution in [0.1, 0.15) is 45.8 Å². The van der Waals surface area contributed by atoms with Gasteiger partial charge < -0.3 is 44.9 Å². The molecule has 5 N–H and O–H groups in total. The molecule has 0 spiro atoms. The lowest BCUT2D eigenvalue weighted by molar-refractivity contribution is -0.112. The van der Waals surface area contributed by atoms with Gasteiger partial charge in [0.2, 0.25) is 0 Å². The van der Waals surface area contributed by atoms with Crippen molar-refractivity contribution in [2.45, 2.75) is 64.6 Å². The lowest BCUT2D eigenvalue weighted by Crippen LogP contribution is -2.38. The largest absolute Gasteiger partial charge is 0.508 e. The summed E-state index contributed by atoms with van der Waals surface area (Å²) in [7, 11) is 6.15. The van der Waals surface area contributed by atoms with Crippen LogP contribution in [0.25, 0.3) is 0 Å². The average Bonchev–Trinajstić information content (AvgIpc) is 2.91. The van der Waals surface area contributed by atoms with Crippen molar-refractivity contribution in [1.82, 2.24) is 0 Å². The number of primary amides is 1. The lowest BCUT2D eigenvalue weighted by Gasteiger charge is -2.33. The summed E-state index contributed by atoms with van der Waals surface area (Å²) in [6, 6.07) is 2.68. The number of benzene rings is 1. The molecular formula is C30H44N2O9. The smallest absolute Gasteiger partial charge is 0.405 e. The second-order valence-corrected chi connectivity index (χ2v) is 10.3. The quantitative estimate of drug-likeness (QED) is 0.227. The van der Waals surface area contributed by atoms with E-state index in [4.69, 9.17) is 29.4 Å². The van der Waals surface area contributed by atoms with Crippen molar-refractivity contribution in [3.05, 3.63) is 53.1 Å². The second-order valence-electron chi connectivity index (χ2n) is 10.3. The number of phenolic OH excluding ortho intramolecular Hbond substituents is 2. The molecule has 0 aliphatic carbocycles. The first kappa shape index (κ1) is 33.8. The molecule has 1 heterocycles. The first-order valence-electron chi connectivity index (χ1n) is 13.4. The summed E-state index contributed by atoms with van der Waals surface area (Å²) >= 11 is 0. The number of nitrogens with two attached hydrogens (primary N) is 1. The summed E-state index contributed by atoms with van der Waals surface area (Å²) in [5.74, 6) is -1.30. The molecule has 0 saturated heterocycles. The van der Waals surface area contributed by atoms with Crippen LogP contribution in [0.3, 0.4) is 0 Å². The van der Waals surface area contributed by atoms with Gasteiger partial charge in [0.1, 0.15) is 17.6 Å². The zero-order valence-corrected chi connectivity index (χ0v) is 25.0. The van der Waals surface area contributed by atoms with Crippen LogP contribution in [0.4, 0.5) is 10.5 Å². The van der Waals surface area contributed by atoms with Gasteiger partial charge in [0.25, 0.3) is 5.91 Å². The summed E-state index contributed by atoms with van der Waals surface area (Å²) in [5.41, 5.74) is 6.71. The highest BCUT2D eigenvalue weighted by atomic mass is 16.6. The van der Waals surface area contributed by atoms with Crippen LogP contribution in [0.2, 0.25) is 0 Å². The number of phenols is 2. The molecule has 11 nitrogen and oxygen atoms in total. The van der Waals surface area contributed by atoms with Crippen molar-refractivity contribution < 1.29 is 43.5 Å². The highest BCUT2D eigenvalue weighted by molar-refractivity contribution is 6.04. The summed E-state index contributed by atoms with van der Waals surface area (Å²) in [6.07, 6.45) is 3.14. The van der Waals surface area contributed by atoms with Crippen molar-refractivity contribution in [2.24, 2.45) is 17.6 Å². The Hall–Kier alpha value is -3.38. The second kappa shape index (κ2) is 15.6. The van der Waals surface area contributed by atoms with Crippen molar-refractivity contribution in [2.75, 3.05) is 33.8 Å². The average molecular weight is 577 g/mol. The van der Waals surface area contributed by atoms with Crippen LogP contribution in [0.15, 0.2) is 47.6 Å². The molecule has 2 rings (SSSR count). The van der Waals surface area contributed by atoms with Gasteiger partial charge in [0.15, 0.2) is 6.10 Å². The Balaban J connectivity index is 2.71. The van der Waals surface area contributed by atoms with Gasteiger partial charge in [-0.05, 0) is 37.8 Å². The van der Waals surface area contributed by atoms with E-state index in [0.29, 0.717) is 23.1 Å². The monoisotopic (exact) mass is 576 g/mol. The fourth-order valence-corrected chi connectivity index (χ4v) is 5.24. The molecule has 228 valence electrons. The Bertz CT molecular complexity index is 1150. The first-order valence-corrected chi connectivity index (χ1v) is 13.4. The standard InChI is InChI=1S/C30H44N2O9/c1-16-10-9-11-23(37-5)28(41-30(31)36)18(3)12-17(2)27(40-8)24(38-6)13-19(4)26(39-7)21-14-20(33)15-22(25(21)34)32-29(16)35/h9-12,14-15,17,19,23-24,26-28,33-34H,13H2,1-8H3,(H2,31,36)(H,32,35)/b11-9?,16-10?,18-12-/t17-,19-,23-,24-,26+,27+,28-/m0/s1. The normalized spacial score (nSPS) is 29.7. The summed E-state index contributed by atoms with van der Waals surface area (Å²) in [4.78, 5) is 24.7. The summed E-state index contributed by atoms with van der Waals surface area (Å²) in [5, 5.41) is 24.2. The van der Waals surface area contributed by atoms with Gasteiger partial charge in [0, 0.05) is 51.6 Å². The van der Waals surface area contributed by atoms with Crippen molar-refractivity contribution in [3.63, 3.8) is 0 Å². The van der Waals surface area contributed by atoms with Gasteiger partial charge >= 0.3 is 6.09 Å². The summed E-state index contributed by atoms with van der Waals surface area (Å²) in [6.45, 7) is 7.29. The number of carbonyl (C=O) groups excluding carboxylic acids is 2. The van der Waals surface area contributed by atoms with E-state index in [1.165, 1.54) is 26.4 Å². The number of hydrogen-bond acceptors (Lipinski definition) is 9. The Labute approximate surface area is 241 Å². The van der Waals surface area contributed by atoms with E-state index in [0.717, 1.165) is 0 Å². The van der Waals surface area contributed by atoms with Crippen molar-refractivity contribution >= 4 is 17.7 Å². The minimum Gasteiger partial charge on any atom is -0.508 e. The predicted molar refractivity (Wildman–Crippen MR) is 155 cm³/mol. The molecule has 7 atom stereocenters. The van der Waals surface area contributed by atoms with Crippen LogP contribution in [0, 0.1) is 11.8 Å². The fourth-order valence-electron chi connectivity index (χ4n) is 5.24. The number of ether oxygens (including phenoxy) is 5. The van der Waals surface area contributed by atoms with Gasteiger partial charge in [-0.25, -0.2) is 4.79 Å². The minimum absolute atomic E-state index is 0.0325. The fraction of sp³-hybridized carbons (Fsp3) is 0.533. The van der Waals surface area contributed by atoms with E-state index in [1.807, 2.05) is 19.9 Å². The molecule has 2 bridgehead atoms. The number of fused-ring (bicyclic) bond motifs is 2. The van der Waals surface area contributed by atoms with Crippen LogP contribution in [-0.2, 0) is 28.5 Å². The van der Waals surface area contributed by atoms with Gasteiger partial charge in [-0.3, -0.25) is 4.79 Å². The van der Waals surface area contributed by atoms with Gasteiger partial charge in [0.05, 0.1) is 24.0 Å². The van der Waals surface area contributed by atoms with Crippen LogP contribution >= 0.6 is 0 Å². The number of methoxy groups -OCH3 is 4. The Morgan fingerprint density at radius 3 is 2.24 bits per heavy atom. The number of nitrogens with one attached hydrogen (secondary N) is 1. The maximum atomic E-state index is 12.9. The number of hydrogen-bond donors (Lipinski definition) is 4. The lowest BCUT2D eigenvalue weighted by atomic mass is 9.86. The Morgan fingerprint density at radius 1 is 1.00 bits per heavy atom. The van der Waals surface area contributed by atoms with Gasteiger partial charge in [-0.2, -0.15) is 0 Å². The molecule has 2 amide bonds. The third kappa shape index (κ3) is 8.80. The molecule has 0 radical (unpaired) electrons. The van der Waals surface area contributed by atoms with E-state index in [2.05, 4.69) is 5.32 Å². The number of amides is 2. The molecule has 0 aromatic heterocycles. The van der Waals surface area contributed by atoms with Gasteiger partial charge in [-0.15, -0.1) is 0 Å². The van der Waals surface area contributed by atoms with Gasteiger partial charge in [-0.1, -0.05) is 38.2 Å². The Morgan fingerprint density at radius 2 is 1.68 bits per heavy atom. The zero-order valence-electron chi connectivity index (χ0n) is 25.0. The van der Waals surface area contributed by atoms with Crippen molar-refractivity contribution in [3.8, 4) is 11.5 Å². The molecule has 0 unspecified atom stereocenters. The molecule has 0 fully saturated rings. The highest BCUT2D eigenvalue weighted by Gasteiger charge is 2.33. The molecule has 1 aliphatic heterocycles. The predicted octanol–water partition coefficient (Wildman–Crippen LogP) is 4.36. The maximum Gasteiger partial charge on any atom is 0.405 e. The number of carbonyl (C=O) groups is 2. The van der Waals surface area contributed by atoms with E-state index in [-0.39, 0.29) is 29.0 Å². The molecule has 1 aromatic carbocycles. The van der Waals surface area contributed by atoms with E-state index < -0.39 is 42.5 Å². The SMILES string of the molecule is CO[C@H]1[C@@H](OC)C[C@H](C)[C@@H](OC)c2cc(O)cc(c2O)NC(=O)C(C)=CC=C[C@H](OC)[C@@H](OC(N)=O)/C(C)=C\[C@@H]1C. The topological polar surface area (TPSA) is 159 Å². The molecule has 1 aromatic rings. The molecule has 11 heteroatoms. The maximum absolute atomic E-state index is 12.9. The van der Waals surface area contributed by atoms with Crippen LogP contribution in [0.5, 0.6) is 11.5 Å².